The Bertz CT molecular complexity index is 1250. The van der Waals surface area contributed by atoms with Crippen LogP contribution in [-0.2, 0) is 4.79 Å². The van der Waals surface area contributed by atoms with E-state index in [1.807, 2.05) is 31.2 Å². The van der Waals surface area contributed by atoms with Gasteiger partial charge in [-0.3, -0.25) is 14.5 Å². The third-order valence-electron chi connectivity index (χ3n) is 6.44. The van der Waals surface area contributed by atoms with Gasteiger partial charge < -0.3 is 15.0 Å². The summed E-state index contributed by atoms with van der Waals surface area (Å²) in [6.45, 7) is 9.70. The van der Waals surface area contributed by atoms with Crippen molar-refractivity contribution in [3.05, 3.63) is 102 Å². The van der Waals surface area contributed by atoms with Crippen molar-refractivity contribution in [2.24, 2.45) is 0 Å². The van der Waals surface area contributed by atoms with E-state index in [0.29, 0.717) is 48.7 Å². The Morgan fingerprint density at radius 1 is 1.19 bits per heavy atom. The zero-order valence-electron chi connectivity index (χ0n) is 21.1. The summed E-state index contributed by atoms with van der Waals surface area (Å²) in [6, 6.07) is 17.5. The number of pyridine rings is 1. The molecule has 0 spiro atoms. The molecule has 7 nitrogen and oxygen atoms in total. The van der Waals surface area contributed by atoms with Crippen LogP contribution in [0.15, 0.2) is 79.5 Å². The fraction of sp³-hybridized carbons (Fsp3) is 0.276. The number of carbonyl (C=O) groups is 2. The summed E-state index contributed by atoms with van der Waals surface area (Å²) in [5, 5.41) is 2.81. The van der Waals surface area contributed by atoms with Crippen LogP contribution in [0.5, 0.6) is 5.75 Å². The molecule has 2 atom stereocenters. The van der Waals surface area contributed by atoms with Crippen LogP contribution in [-0.4, -0.2) is 58.8 Å². The molecule has 0 saturated carbocycles. The molecule has 1 saturated heterocycles. The molecule has 192 valence electrons. The number of halogens is 1. The summed E-state index contributed by atoms with van der Waals surface area (Å²) in [5.41, 5.74) is 2.19. The van der Waals surface area contributed by atoms with Gasteiger partial charge in [0.15, 0.2) is 0 Å². The smallest absolute Gasteiger partial charge is 0.274 e. The number of para-hydroxylation sites is 1. The Morgan fingerprint density at radius 2 is 1.97 bits per heavy atom. The molecule has 0 bridgehead atoms. The van der Waals surface area contributed by atoms with Crippen LogP contribution in [0.25, 0.3) is 0 Å². The van der Waals surface area contributed by atoms with E-state index >= 15 is 0 Å². The topological polar surface area (TPSA) is 74.8 Å². The van der Waals surface area contributed by atoms with E-state index in [1.165, 1.54) is 18.3 Å². The molecular weight excluding hydrogens is 471 g/mol. The number of anilines is 1. The molecule has 1 aliphatic heterocycles. The van der Waals surface area contributed by atoms with E-state index in [2.05, 4.69) is 21.8 Å². The van der Waals surface area contributed by atoms with Crippen LogP contribution in [0, 0.1) is 12.7 Å². The first kappa shape index (κ1) is 26.0. The minimum atomic E-state index is -0.477. The molecule has 0 aliphatic carbocycles. The highest BCUT2D eigenvalue weighted by Gasteiger charge is 2.28. The summed E-state index contributed by atoms with van der Waals surface area (Å²) in [4.78, 5) is 32.9. The minimum Gasteiger partial charge on any atom is -0.483 e. The fourth-order valence-electron chi connectivity index (χ4n) is 4.36. The van der Waals surface area contributed by atoms with Crippen LogP contribution < -0.4 is 10.1 Å². The molecule has 2 amide bonds. The Labute approximate surface area is 216 Å². The van der Waals surface area contributed by atoms with Crippen molar-refractivity contribution in [1.29, 1.82) is 0 Å². The lowest BCUT2D eigenvalue weighted by Crippen LogP contribution is -2.54. The van der Waals surface area contributed by atoms with E-state index < -0.39 is 6.10 Å². The Hall–Kier alpha value is -4.04. The second-order valence-corrected chi connectivity index (χ2v) is 9.16. The number of hydrogen-bond acceptors (Lipinski definition) is 5. The van der Waals surface area contributed by atoms with Gasteiger partial charge in [0.25, 0.3) is 5.91 Å². The molecule has 37 heavy (non-hydrogen) atoms. The maximum absolute atomic E-state index is 14.4. The van der Waals surface area contributed by atoms with Gasteiger partial charge in [-0.05, 0) is 61.4 Å². The molecule has 3 aromatic rings. The molecule has 1 aliphatic rings. The van der Waals surface area contributed by atoms with Gasteiger partial charge >= 0.3 is 0 Å². The Kier molecular flexibility index (Phi) is 8.30. The van der Waals surface area contributed by atoms with Crippen LogP contribution >= 0.6 is 0 Å². The number of aryl methyl sites for hydroxylation is 1. The van der Waals surface area contributed by atoms with Crippen LogP contribution in [0.2, 0.25) is 0 Å². The lowest BCUT2D eigenvalue weighted by atomic mass is 10.0. The molecule has 1 aromatic heterocycles. The monoisotopic (exact) mass is 502 g/mol. The number of nitrogens with one attached hydrogen (secondary N) is 1. The maximum Gasteiger partial charge on any atom is 0.274 e. The van der Waals surface area contributed by atoms with Crippen LogP contribution in [0.3, 0.4) is 0 Å². The number of hydrogen-bond donors (Lipinski definition) is 1. The first-order chi connectivity index (χ1) is 17.8. The highest BCUT2D eigenvalue weighted by Crippen LogP contribution is 2.26. The average Bonchev–Trinajstić information content (AvgIpc) is 2.90. The number of piperazine rings is 1. The average molecular weight is 503 g/mol. The van der Waals surface area contributed by atoms with Gasteiger partial charge in [-0.2, -0.15) is 0 Å². The second kappa shape index (κ2) is 11.8. The van der Waals surface area contributed by atoms with Crippen molar-refractivity contribution in [3.8, 4) is 5.75 Å². The summed E-state index contributed by atoms with van der Waals surface area (Å²) in [5.74, 6) is -0.235. The lowest BCUT2D eigenvalue weighted by molar-refractivity contribution is -0.130. The molecule has 1 fully saturated rings. The standard InChI is InChI=1S/C29H31FN4O3/c1-4-28(35)34-15-14-33(18-21(34)3)19-27(22-11-10-20(2)25(30)16-22)37-24-12-13-26(31-17-24)29(36)32-23-8-6-5-7-9-23/h4-13,16-17,21,27H,1,14-15,18-19H2,2-3H3,(H,32,36)/t21-,27?/m1/s1. The third kappa shape index (κ3) is 6.59. The van der Waals surface area contributed by atoms with Gasteiger partial charge in [-0.15, -0.1) is 0 Å². The Balaban J connectivity index is 1.48. The van der Waals surface area contributed by atoms with E-state index in [4.69, 9.17) is 4.74 Å². The molecule has 8 heteroatoms. The predicted molar refractivity (Wildman–Crippen MR) is 141 cm³/mol. The van der Waals surface area contributed by atoms with Crippen molar-refractivity contribution in [1.82, 2.24) is 14.8 Å². The van der Waals surface area contributed by atoms with Gasteiger partial charge in [0.05, 0.1) is 6.20 Å². The maximum atomic E-state index is 14.4. The third-order valence-corrected chi connectivity index (χ3v) is 6.44. The van der Waals surface area contributed by atoms with Crippen LogP contribution in [0.4, 0.5) is 10.1 Å². The normalized spacial score (nSPS) is 16.6. The number of ether oxygens (including phenoxy) is 1. The molecule has 1 N–H and O–H groups in total. The number of carbonyl (C=O) groups excluding carboxylic acids is 2. The van der Waals surface area contributed by atoms with Gasteiger partial charge in [0.2, 0.25) is 5.91 Å². The number of amides is 2. The van der Waals surface area contributed by atoms with Gasteiger partial charge in [0.1, 0.15) is 23.4 Å². The highest BCUT2D eigenvalue weighted by atomic mass is 19.1. The molecule has 4 rings (SSSR count). The molecular formula is C29H31FN4O3. The van der Waals surface area contributed by atoms with E-state index in [-0.39, 0.29) is 29.4 Å². The number of aromatic nitrogens is 1. The van der Waals surface area contributed by atoms with E-state index in [0.717, 1.165) is 0 Å². The fourth-order valence-corrected chi connectivity index (χ4v) is 4.36. The van der Waals surface area contributed by atoms with Crippen LogP contribution in [0.1, 0.15) is 34.6 Å². The van der Waals surface area contributed by atoms with Crippen molar-refractivity contribution < 1.29 is 18.7 Å². The first-order valence-electron chi connectivity index (χ1n) is 12.2. The summed E-state index contributed by atoms with van der Waals surface area (Å²) in [7, 11) is 0. The van der Waals surface area contributed by atoms with E-state index in [9.17, 15) is 14.0 Å². The van der Waals surface area contributed by atoms with Gasteiger partial charge in [-0.25, -0.2) is 9.37 Å². The van der Waals surface area contributed by atoms with Gasteiger partial charge in [-0.1, -0.05) is 36.9 Å². The predicted octanol–water partition coefficient (Wildman–Crippen LogP) is 4.62. The highest BCUT2D eigenvalue weighted by molar-refractivity contribution is 6.02. The summed E-state index contributed by atoms with van der Waals surface area (Å²) in [6.07, 6.45) is 2.36. The van der Waals surface area contributed by atoms with E-state index in [1.54, 1.807) is 42.2 Å². The molecule has 1 unspecified atom stereocenters. The number of rotatable bonds is 8. The number of nitrogens with zero attached hydrogens (tertiary/aromatic N) is 3. The quantitative estimate of drug-likeness (QED) is 0.455. The first-order valence-corrected chi connectivity index (χ1v) is 12.2. The zero-order valence-corrected chi connectivity index (χ0v) is 21.1. The zero-order chi connectivity index (χ0) is 26.4. The van der Waals surface area contributed by atoms with Gasteiger partial charge in [0, 0.05) is 37.9 Å². The summed E-state index contributed by atoms with van der Waals surface area (Å²) < 4.78 is 20.7. The summed E-state index contributed by atoms with van der Waals surface area (Å²) >= 11 is 0. The molecule has 0 radical (unpaired) electrons. The number of benzene rings is 2. The van der Waals surface area contributed by atoms with Crippen molar-refractivity contribution >= 4 is 17.5 Å². The lowest BCUT2D eigenvalue weighted by Gasteiger charge is -2.40. The van der Waals surface area contributed by atoms with Crippen molar-refractivity contribution in [3.63, 3.8) is 0 Å². The SMILES string of the molecule is C=CC(=O)N1CCN(CC(Oc2ccc(C(=O)Nc3ccccc3)nc2)c2ccc(C)c(F)c2)C[C@H]1C. The molecule has 2 heterocycles. The van der Waals surface area contributed by atoms with Crippen molar-refractivity contribution in [2.75, 3.05) is 31.5 Å². The second-order valence-electron chi connectivity index (χ2n) is 9.16. The van der Waals surface area contributed by atoms with Crippen molar-refractivity contribution in [2.45, 2.75) is 26.0 Å². The Morgan fingerprint density at radius 3 is 2.62 bits per heavy atom. The molecule has 2 aromatic carbocycles. The largest absolute Gasteiger partial charge is 0.483 e. The minimum absolute atomic E-state index is 0.0127.